The third-order valence-electron chi connectivity index (χ3n) is 4.38. The van der Waals surface area contributed by atoms with Crippen molar-refractivity contribution in [3.8, 4) is 10.6 Å². The lowest BCUT2D eigenvalue weighted by molar-refractivity contribution is 0.724. The van der Waals surface area contributed by atoms with Gasteiger partial charge in [-0.3, -0.25) is 0 Å². The van der Waals surface area contributed by atoms with Gasteiger partial charge in [0.25, 0.3) is 0 Å². The van der Waals surface area contributed by atoms with Crippen molar-refractivity contribution in [1.82, 2.24) is 15.3 Å². The number of anilines is 1. The van der Waals surface area contributed by atoms with Crippen molar-refractivity contribution in [2.75, 3.05) is 31.1 Å². The molecule has 1 aliphatic heterocycles. The van der Waals surface area contributed by atoms with E-state index in [-0.39, 0.29) is 0 Å². The number of rotatable bonds is 2. The lowest BCUT2D eigenvalue weighted by Crippen LogP contribution is -2.28. The molecule has 1 aromatic carbocycles. The van der Waals surface area contributed by atoms with E-state index in [4.69, 9.17) is 4.98 Å². The van der Waals surface area contributed by atoms with Crippen LogP contribution < -0.4 is 10.2 Å². The summed E-state index contributed by atoms with van der Waals surface area (Å²) in [5, 5.41) is 4.74. The van der Waals surface area contributed by atoms with Gasteiger partial charge < -0.3 is 10.2 Å². The Hall–Kier alpha value is -1.98. The number of aryl methyl sites for hydroxylation is 1. The SMILES string of the molecule is Cc1c(-c2cnc(N3CCCNCC3)cn2)sc2ccccc12. The first-order valence-electron chi connectivity index (χ1n) is 8.09. The molecule has 2 aromatic heterocycles. The number of aromatic nitrogens is 2. The van der Waals surface area contributed by atoms with Crippen molar-refractivity contribution < 1.29 is 0 Å². The largest absolute Gasteiger partial charge is 0.354 e. The zero-order valence-corrected chi connectivity index (χ0v) is 14.1. The van der Waals surface area contributed by atoms with E-state index in [2.05, 4.69) is 46.4 Å². The van der Waals surface area contributed by atoms with Crippen LogP contribution in [0.5, 0.6) is 0 Å². The second-order valence-corrected chi connectivity index (χ2v) is 6.95. The van der Waals surface area contributed by atoms with E-state index in [0.717, 1.165) is 44.1 Å². The fraction of sp³-hybridized carbons (Fsp3) is 0.333. The summed E-state index contributed by atoms with van der Waals surface area (Å²) in [4.78, 5) is 12.9. The van der Waals surface area contributed by atoms with Gasteiger partial charge in [0.2, 0.25) is 0 Å². The average molecular weight is 324 g/mol. The Bertz CT molecular complexity index is 802. The summed E-state index contributed by atoms with van der Waals surface area (Å²) in [5.74, 6) is 0.983. The first kappa shape index (κ1) is 14.6. The number of thiophene rings is 1. The molecule has 0 radical (unpaired) electrons. The quantitative estimate of drug-likeness (QED) is 0.784. The highest BCUT2D eigenvalue weighted by Gasteiger charge is 2.14. The Morgan fingerprint density at radius 2 is 2.00 bits per heavy atom. The molecule has 0 bridgehead atoms. The van der Waals surface area contributed by atoms with Gasteiger partial charge in [-0.2, -0.15) is 0 Å². The summed E-state index contributed by atoms with van der Waals surface area (Å²) in [7, 11) is 0. The van der Waals surface area contributed by atoms with Gasteiger partial charge in [-0.15, -0.1) is 11.3 Å². The molecule has 1 fully saturated rings. The predicted octanol–water partition coefficient (Wildman–Crippen LogP) is 3.47. The lowest BCUT2D eigenvalue weighted by Gasteiger charge is -2.20. The maximum Gasteiger partial charge on any atom is 0.147 e. The van der Waals surface area contributed by atoms with Crippen LogP contribution in [0.1, 0.15) is 12.0 Å². The van der Waals surface area contributed by atoms with Crippen LogP contribution in [0.25, 0.3) is 20.7 Å². The number of nitrogens with zero attached hydrogens (tertiary/aromatic N) is 3. The fourth-order valence-corrected chi connectivity index (χ4v) is 4.27. The van der Waals surface area contributed by atoms with E-state index in [1.165, 1.54) is 20.5 Å². The molecular weight excluding hydrogens is 304 g/mol. The number of hydrogen-bond acceptors (Lipinski definition) is 5. The van der Waals surface area contributed by atoms with Gasteiger partial charge in [0.1, 0.15) is 5.82 Å². The summed E-state index contributed by atoms with van der Waals surface area (Å²) in [5.41, 5.74) is 2.27. The van der Waals surface area contributed by atoms with Crippen LogP contribution in [-0.2, 0) is 0 Å². The first-order chi connectivity index (χ1) is 11.3. The molecule has 3 aromatic rings. The highest BCUT2D eigenvalue weighted by molar-refractivity contribution is 7.22. The molecule has 4 rings (SSSR count). The van der Waals surface area contributed by atoms with Crippen LogP contribution >= 0.6 is 11.3 Å². The van der Waals surface area contributed by atoms with Crippen LogP contribution in [0.15, 0.2) is 36.7 Å². The third kappa shape index (κ3) is 2.82. The third-order valence-corrected chi connectivity index (χ3v) is 5.67. The molecule has 118 valence electrons. The Morgan fingerprint density at radius 3 is 2.83 bits per heavy atom. The van der Waals surface area contributed by atoms with Crippen LogP contribution in [0, 0.1) is 6.92 Å². The van der Waals surface area contributed by atoms with Crippen molar-refractivity contribution in [1.29, 1.82) is 0 Å². The molecule has 1 N–H and O–H groups in total. The van der Waals surface area contributed by atoms with E-state index in [1.54, 1.807) is 11.3 Å². The molecule has 0 saturated carbocycles. The zero-order valence-electron chi connectivity index (χ0n) is 13.2. The smallest absolute Gasteiger partial charge is 0.147 e. The van der Waals surface area contributed by atoms with E-state index in [9.17, 15) is 0 Å². The van der Waals surface area contributed by atoms with Crippen LogP contribution in [0.4, 0.5) is 5.82 Å². The van der Waals surface area contributed by atoms with Crippen molar-refractivity contribution in [2.45, 2.75) is 13.3 Å². The summed E-state index contributed by atoms with van der Waals surface area (Å²) < 4.78 is 1.31. The van der Waals surface area contributed by atoms with E-state index in [1.807, 2.05) is 12.4 Å². The molecule has 5 heteroatoms. The van der Waals surface area contributed by atoms with E-state index < -0.39 is 0 Å². The zero-order chi connectivity index (χ0) is 15.6. The molecule has 4 nitrogen and oxygen atoms in total. The van der Waals surface area contributed by atoms with Crippen molar-refractivity contribution in [3.63, 3.8) is 0 Å². The maximum atomic E-state index is 4.70. The van der Waals surface area contributed by atoms with Gasteiger partial charge in [-0.05, 0) is 36.9 Å². The topological polar surface area (TPSA) is 41.1 Å². The summed E-state index contributed by atoms with van der Waals surface area (Å²) >= 11 is 1.80. The molecule has 0 aliphatic carbocycles. The summed E-state index contributed by atoms with van der Waals surface area (Å²) in [6.45, 7) is 6.31. The number of fused-ring (bicyclic) bond motifs is 1. The average Bonchev–Trinajstić information content (AvgIpc) is 2.78. The van der Waals surface area contributed by atoms with Crippen LogP contribution in [0.2, 0.25) is 0 Å². The van der Waals surface area contributed by atoms with Crippen LogP contribution in [-0.4, -0.2) is 36.1 Å². The second-order valence-electron chi connectivity index (χ2n) is 5.90. The Labute approximate surface area is 140 Å². The fourth-order valence-electron chi connectivity index (χ4n) is 3.10. The minimum Gasteiger partial charge on any atom is -0.354 e. The van der Waals surface area contributed by atoms with Gasteiger partial charge in [0, 0.05) is 24.3 Å². The lowest BCUT2D eigenvalue weighted by atomic mass is 10.1. The molecule has 0 atom stereocenters. The predicted molar refractivity (Wildman–Crippen MR) is 97.3 cm³/mol. The molecule has 1 saturated heterocycles. The molecule has 23 heavy (non-hydrogen) atoms. The molecular formula is C18H20N4S. The first-order valence-corrected chi connectivity index (χ1v) is 8.91. The highest BCUT2D eigenvalue weighted by atomic mass is 32.1. The van der Waals surface area contributed by atoms with Gasteiger partial charge in [-0.1, -0.05) is 18.2 Å². The number of nitrogens with one attached hydrogen (secondary N) is 1. The molecule has 0 spiro atoms. The molecule has 0 amide bonds. The minimum absolute atomic E-state index is 0.973. The van der Waals surface area contributed by atoms with Crippen molar-refractivity contribution >= 4 is 27.2 Å². The van der Waals surface area contributed by atoms with Crippen molar-refractivity contribution in [2.24, 2.45) is 0 Å². The second kappa shape index (κ2) is 6.26. The van der Waals surface area contributed by atoms with Crippen LogP contribution in [0.3, 0.4) is 0 Å². The van der Waals surface area contributed by atoms with E-state index >= 15 is 0 Å². The minimum atomic E-state index is 0.973. The Balaban J connectivity index is 1.65. The summed E-state index contributed by atoms with van der Waals surface area (Å²) in [6.07, 6.45) is 4.99. The molecule has 0 unspecified atom stereocenters. The number of hydrogen-bond donors (Lipinski definition) is 1. The normalized spacial score (nSPS) is 15.8. The summed E-state index contributed by atoms with van der Waals surface area (Å²) in [6, 6.07) is 8.53. The highest BCUT2D eigenvalue weighted by Crippen LogP contribution is 2.36. The maximum absolute atomic E-state index is 4.70. The number of benzene rings is 1. The van der Waals surface area contributed by atoms with Crippen molar-refractivity contribution in [3.05, 3.63) is 42.2 Å². The Kier molecular flexibility index (Phi) is 3.97. The van der Waals surface area contributed by atoms with Gasteiger partial charge in [0.05, 0.1) is 23.0 Å². The molecule has 3 heterocycles. The Morgan fingerprint density at radius 1 is 1.09 bits per heavy atom. The van der Waals surface area contributed by atoms with Gasteiger partial charge in [0.15, 0.2) is 0 Å². The van der Waals surface area contributed by atoms with Gasteiger partial charge in [-0.25, -0.2) is 9.97 Å². The van der Waals surface area contributed by atoms with Gasteiger partial charge >= 0.3 is 0 Å². The standard InChI is InChI=1S/C18H20N4S/c1-13-14-5-2-3-6-16(14)23-18(13)15-11-21-17(12-20-15)22-9-4-7-19-8-10-22/h2-3,5-6,11-12,19H,4,7-10H2,1H3. The van der Waals surface area contributed by atoms with E-state index in [0.29, 0.717) is 0 Å². The monoisotopic (exact) mass is 324 g/mol. The molecule has 1 aliphatic rings.